The van der Waals surface area contributed by atoms with Crippen molar-refractivity contribution in [3.8, 4) is 0 Å². The lowest BCUT2D eigenvalue weighted by atomic mass is 9.99. The summed E-state index contributed by atoms with van der Waals surface area (Å²) in [4.78, 5) is 22.8. The van der Waals surface area contributed by atoms with Crippen LogP contribution in [0.2, 0.25) is 0 Å². The van der Waals surface area contributed by atoms with Crippen LogP contribution in [0.4, 0.5) is 4.39 Å². The van der Waals surface area contributed by atoms with Crippen LogP contribution in [-0.2, 0) is 14.3 Å². The number of hydrogen-bond acceptors (Lipinski definition) is 3. The smallest absolute Gasteiger partial charge is 0.312 e. The van der Waals surface area contributed by atoms with Crippen LogP contribution in [0.5, 0.6) is 0 Å². The van der Waals surface area contributed by atoms with E-state index in [1.807, 2.05) is 6.92 Å². The molecule has 0 bridgehead atoms. The van der Waals surface area contributed by atoms with Crippen molar-refractivity contribution in [2.45, 2.75) is 25.7 Å². The minimum Gasteiger partial charge on any atom is -0.481 e. The first kappa shape index (κ1) is 17.1. The molecular weight excluding hydrogens is 277 g/mol. The van der Waals surface area contributed by atoms with Crippen LogP contribution in [-0.4, -0.2) is 36.7 Å². The molecule has 0 aliphatic heterocycles. The van der Waals surface area contributed by atoms with E-state index in [9.17, 15) is 19.1 Å². The molecule has 6 heteroatoms. The minimum atomic E-state index is -1.06. The van der Waals surface area contributed by atoms with Crippen molar-refractivity contribution < 1.29 is 23.8 Å². The molecule has 0 radical (unpaired) electrons. The Balaban J connectivity index is 2.46. The Morgan fingerprint density at radius 1 is 1.33 bits per heavy atom. The number of amides is 1. The van der Waals surface area contributed by atoms with E-state index in [4.69, 9.17) is 4.74 Å². The molecule has 1 atom stereocenters. The molecule has 1 unspecified atom stereocenters. The fourth-order valence-corrected chi connectivity index (χ4v) is 1.83. The summed E-state index contributed by atoms with van der Waals surface area (Å²) in [6.45, 7) is 2.96. The molecule has 0 aromatic heterocycles. The topological polar surface area (TPSA) is 75.6 Å². The van der Waals surface area contributed by atoms with Gasteiger partial charge < -0.3 is 15.2 Å². The Kier molecular flexibility index (Phi) is 7.39. The highest BCUT2D eigenvalue weighted by molar-refractivity contribution is 5.79. The Labute approximate surface area is 123 Å². The number of hydrogen-bond donors (Lipinski definition) is 2. The van der Waals surface area contributed by atoms with Crippen LogP contribution >= 0.6 is 0 Å². The van der Waals surface area contributed by atoms with Gasteiger partial charge in [-0.25, -0.2) is 4.39 Å². The highest BCUT2D eigenvalue weighted by Gasteiger charge is 2.20. The summed E-state index contributed by atoms with van der Waals surface area (Å²) in [7, 11) is 0. The molecule has 5 nitrogen and oxygen atoms in total. The molecule has 0 saturated carbocycles. The molecule has 0 spiro atoms. The van der Waals surface area contributed by atoms with Gasteiger partial charge in [0.1, 0.15) is 5.82 Å². The predicted molar refractivity (Wildman–Crippen MR) is 75.5 cm³/mol. The van der Waals surface area contributed by atoms with E-state index in [0.29, 0.717) is 25.2 Å². The van der Waals surface area contributed by atoms with E-state index in [0.717, 1.165) is 0 Å². The first-order valence-electron chi connectivity index (χ1n) is 6.87. The van der Waals surface area contributed by atoms with Gasteiger partial charge in [0, 0.05) is 26.2 Å². The second kappa shape index (κ2) is 9.07. The van der Waals surface area contributed by atoms with Gasteiger partial charge in [0.15, 0.2) is 0 Å². The summed E-state index contributed by atoms with van der Waals surface area (Å²) in [5.41, 5.74) is 0.457. The average molecular weight is 297 g/mol. The number of carboxylic acid groups (broad SMARTS) is 1. The average Bonchev–Trinajstić information content (AvgIpc) is 2.45. The van der Waals surface area contributed by atoms with Gasteiger partial charge in [0.25, 0.3) is 0 Å². The Hall–Kier alpha value is -1.95. The van der Waals surface area contributed by atoms with Gasteiger partial charge in [-0.05, 0) is 31.0 Å². The van der Waals surface area contributed by atoms with Gasteiger partial charge in [0.05, 0.1) is 5.92 Å². The number of carboxylic acids is 1. The maximum absolute atomic E-state index is 12.8. The lowest BCUT2D eigenvalue weighted by molar-refractivity contribution is -0.138. The second-order valence-electron chi connectivity index (χ2n) is 4.55. The van der Waals surface area contributed by atoms with E-state index in [1.54, 1.807) is 0 Å². The number of rotatable bonds is 9. The van der Waals surface area contributed by atoms with E-state index < -0.39 is 17.7 Å². The quantitative estimate of drug-likeness (QED) is 0.683. The Morgan fingerprint density at radius 3 is 2.57 bits per heavy atom. The molecule has 0 aliphatic rings. The van der Waals surface area contributed by atoms with Crippen molar-refractivity contribution in [1.82, 2.24) is 5.32 Å². The number of aliphatic carboxylic acids is 1. The molecule has 1 aromatic rings. The van der Waals surface area contributed by atoms with Gasteiger partial charge in [0.2, 0.25) is 5.91 Å². The van der Waals surface area contributed by atoms with Crippen molar-refractivity contribution in [3.63, 3.8) is 0 Å². The third kappa shape index (κ3) is 6.35. The Morgan fingerprint density at radius 2 is 2.00 bits per heavy atom. The third-order valence-corrected chi connectivity index (χ3v) is 2.97. The maximum atomic E-state index is 12.8. The lowest BCUT2D eigenvalue weighted by Crippen LogP contribution is -2.31. The van der Waals surface area contributed by atoms with Crippen LogP contribution in [0.3, 0.4) is 0 Å². The molecule has 1 rings (SSSR count). The summed E-state index contributed by atoms with van der Waals surface area (Å²) in [6, 6.07) is 5.23. The zero-order chi connectivity index (χ0) is 15.7. The van der Waals surface area contributed by atoms with Crippen molar-refractivity contribution in [1.29, 1.82) is 0 Å². The van der Waals surface area contributed by atoms with Crippen LogP contribution in [0.25, 0.3) is 0 Å². The van der Waals surface area contributed by atoms with Crippen molar-refractivity contribution >= 4 is 11.9 Å². The lowest BCUT2D eigenvalue weighted by Gasteiger charge is -2.14. The largest absolute Gasteiger partial charge is 0.481 e. The van der Waals surface area contributed by atoms with Crippen molar-refractivity contribution in [2.24, 2.45) is 0 Å². The van der Waals surface area contributed by atoms with Gasteiger partial charge in [-0.3, -0.25) is 9.59 Å². The monoisotopic (exact) mass is 297 g/mol. The van der Waals surface area contributed by atoms with E-state index in [1.165, 1.54) is 24.3 Å². The molecule has 0 saturated heterocycles. The van der Waals surface area contributed by atoms with E-state index in [2.05, 4.69) is 5.32 Å². The first-order chi connectivity index (χ1) is 10.0. The number of halogens is 1. The van der Waals surface area contributed by atoms with Gasteiger partial charge in [-0.1, -0.05) is 12.1 Å². The third-order valence-electron chi connectivity index (χ3n) is 2.97. The zero-order valence-electron chi connectivity index (χ0n) is 12.0. The summed E-state index contributed by atoms with van der Waals surface area (Å²) in [6.07, 6.45) is 0.879. The van der Waals surface area contributed by atoms with Gasteiger partial charge in [-0.15, -0.1) is 0 Å². The fraction of sp³-hybridized carbons (Fsp3) is 0.467. The van der Waals surface area contributed by atoms with Crippen molar-refractivity contribution in [3.05, 3.63) is 35.6 Å². The predicted octanol–water partition coefficient (Wildman–Crippen LogP) is 1.93. The number of carbonyl (C=O) groups excluding carboxylic acids is 1. The van der Waals surface area contributed by atoms with Crippen LogP contribution in [0, 0.1) is 5.82 Å². The molecule has 116 valence electrons. The standard InChI is InChI=1S/C15H20FNO4/c1-2-21-9-3-4-14(18)17-10-13(15(19)20)11-5-7-12(16)8-6-11/h5-8,13H,2-4,9-10H2,1H3,(H,17,18)(H,19,20). The first-order valence-corrected chi connectivity index (χ1v) is 6.87. The SMILES string of the molecule is CCOCCCC(=O)NCC(C(=O)O)c1ccc(F)cc1. The number of nitrogens with one attached hydrogen (secondary N) is 1. The Bertz CT molecular complexity index is 461. The van der Waals surface area contributed by atoms with Gasteiger partial charge in [-0.2, -0.15) is 0 Å². The zero-order valence-corrected chi connectivity index (χ0v) is 12.0. The highest BCUT2D eigenvalue weighted by atomic mass is 19.1. The minimum absolute atomic E-state index is 0.0194. The molecule has 0 heterocycles. The molecule has 2 N–H and O–H groups in total. The summed E-state index contributed by atoms with van der Waals surface area (Å²) in [5, 5.41) is 11.8. The van der Waals surface area contributed by atoms with Gasteiger partial charge >= 0.3 is 5.97 Å². The molecule has 1 amide bonds. The summed E-state index contributed by atoms with van der Waals surface area (Å²) in [5.74, 6) is -2.59. The van der Waals surface area contributed by atoms with E-state index in [-0.39, 0.29) is 18.9 Å². The number of benzene rings is 1. The second-order valence-corrected chi connectivity index (χ2v) is 4.55. The summed E-state index contributed by atoms with van der Waals surface area (Å²) >= 11 is 0. The molecule has 21 heavy (non-hydrogen) atoms. The molecular formula is C15H20FNO4. The highest BCUT2D eigenvalue weighted by Crippen LogP contribution is 2.16. The number of ether oxygens (including phenoxy) is 1. The normalized spacial score (nSPS) is 11.9. The number of carbonyl (C=O) groups is 2. The van der Waals surface area contributed by atoms with Crippen LogP contribution in [0.15, 0.2) is 24.3 Å². The van der Waals surface area contributed by atoms with E-state index >= 15 is 0 Å². The summed E-state index contributed by atoms with van der Waals surface area (Å²) < 4.78 is 18.0. The molecule has 0 aliphatic carbocycles. The van der Waals surface area contributed by atoms with Crippen LogP contribution < -0.4 is 5.32 Å². The molecule has 0 fully saturated rings. The van der Waals surface area contributed by atoms with Crippen molar-refractivity contribution in [2.75, 3.05) is 19.8 Å². The maximum Gasteiger partial charge on any atom is 0.312 e. The fourth-order valence-electron chi connectivity index (χ4n) is 1.83. The molecule has 1 aromatic carbocycles. The van der Waals surface area contributed by atoms with Crippen LogP contribution in [0.1, 0.15) is 31.2 Å².